The molecule has 0 radical (unpaired) electrons. The molecule has 1 N–H and O–H groups in total. The van der Waals surface area contributed by atoms with E-state index in [4.69, 9.17) is 9.47 Å². The van der Waals surface area contributed by atoms with Crippen molar-refractivity contribution in [1.82, 2.24) is 4.98 Å². The minimum absolute atomic E-state index is 0.211. The highest BCUT2D eigenvalue weighted by Gasteiger charge is 2.48. The topological polar surface area (TPSA) is 77.4 Å². The van der Waals surface area contributed by atoms with Gasteiger partial charge in [0.2, 0.25) is 0 Å². The molecule has 1 aliphatic rings. The zero-order valence-electron chi connectivity index (χ0n) is 16.3. The van der Waals surface area contributed by atoms with Crippen molar-refractivity contribution in [2.75, 3.05) is 7.11 Å². The maximum atomic E-state index is 12.4. The summed E-state index contributed by atoms with van der Waals surface area (Å²) in [7, 11) is 1.59. The maximum Gasteiger partial charge on any atom is 0.264 e. The Balaban J connectivity index is 1.71. The summed E-state index contributed by atoms with van der Waals surface area (Å²) in [5.41, 5.74) is 3.44. The van der Waals surface area contributed by atoms with Crippen LogP contribution in [0.3, 0.4) is 0 Å². The predicted octanol–water partition coefficient (Wildman–Crippen LogP) is 5.09. The number of fused-ring (bicyclic) bond motifs is 2. The summed E-state index contributed by atoms with van der Waals surface area (Å²) in [6.45, 7) is 0. The molecule has 3 atom stereocenters. The third-order valence-electron chi connectivity index (χ3n) is 5.80. The Labute approximate surface area is 173 Å². The molecule has 30 heavy (non-hydrogen) atoms. The first-order valence-electron chi connectivity index (χ1n) is 9.76. The van der Waals surface area contributed by atoms with Crippen LogP contribution in [-0.4, -0.2) is 23.1 Å². The number of nitrogens with zero attached hydrogens (tertiary/aromatic N) is 1. The minimum Gasteiger partial charge on any atom is -0.497 e. The number of methoxy groups -OCH3 is 1. The molecule has 150 valence electrons. The Morgan fingerprint density at radius 3 is 2.47 bits per heavy atom. The molecular weight excluding hydrogens is 380 g/mol. The zero-order chi connectivity index (χ0) is 20.7. The number of aromatic amines is 1. The van der Waals surface area contributed by atoms with Crippen LogP contribution in [0.15, 0.2) is 79.0 Å². The number of para-hydroxylation sites is 2. The lowest BCUT2D eigenvalue weighted by Crippen LogP contribution is -2.40. The molecule has 0 unspecified atom stereocenters. The van der Waals surface area contributed by atoms with Crippen molar-refractivity contribution in [1.29, 1.82) is 0 Å². The summed E-state index contributed by atoms with van der Waals surface area (Å²) in [5, 5.41) is 13.4. The van der Waals surface area contributed by atoms with Crippen LogP contribution in [0.25, 0.3) is 10.9 Å². The van der Waals surface area contributed by atoms with E-state index in [1.807, 2.05) is 66.9 Å². The Bertz CT molecular complexity index is 1220. The molecule has 3 aromatic carbocycles. The van der Waals surface area contributed by atoms with Crippen molar-refractivity contribution in [2.45, 2.75) is 18.1 Å². The van der Waals surface area contributed by atoms with Crippen LogP contribution in [-0.2, 0) is 0 Å². The summed E-state index contributed by atoms with van der Waals surface area (Å²) in [4.78, 5) is 15.5. The number of nitro groups is 1. The average molecular weight is 400 g/mol. The highest BCUT2D eigenvalue weighted by molar-refractivity contribution is 5.84. The van der Waals surface area contributed by atoms with E-state index in [1.54, 1.807) is 19.2 Å². The van der Waals surface area contributed by atoms with E-state index in [0.29, 0.717) is 11.5 Å². The number of nitrogens with one attached hydrogen (secondary N) is 1. The number of aromatic nitrogens is 1. The first-order valence-corrected chi connectivity index (χ1v) is 9.76. The van der Waals surface area contributed by atoms with E-state index in [2.05, 4.69) is 4.98 Å². The Hall–Kier alpha value is -3.80. The Morgan fingerprint density at radius 2 is 1.70 bits per heavy atom. The van der Waals surface area contributed by atoms with E-state index in [9.17, 15) is 10.1 Å². The van der Waals surface area contributed by atoms with Gasteiger partial charge in [0.15, 0.2) is 6.10 Å². The van der Waals surface area contributed by atoms with Gasteiger partial charge in [0, 0.05) is 27.6 Å². The van der Waals surface area contributed by atoms with Crippen molar-refractivity contribution in [2.24, 2.45) is 0 Å². The van der Waals surface area contributed by atoms with Crippen LogP contribution in [0.4, 0.5) is 0 Å². The molecule has 0 spiro atoms. The largest absolute Gasteiger partial charge is 0.497 e. The molecule has 5 rings (SSSR count). The molecule has 6 nitrogen and oxygen atoms in total. The molecule has 0 amide bonds. The van der Waals surface area contributed by atoms with Crippen molar-refractivity contribution in [3.63, 3.8) is 0 Å². The van der Waals surface area contributed by atoms with Gasteiger partial charge in [-0.2, -0.15) is 0 Å². The first-order chi connectivity index (χ1) is 14.7. The highest BCUT2D eigenvalue weighted by atomic mass is 16.6. The van der Waals surface area contributed by atoms with E-state index in [-0.39, 0.29) is 4.92 Å². The summed E-state index contributed by atoms with van der Waals surface area (Å²) in [6.07, 6.45) is 1.17. The van der Waals surface area contributed by atoms with Gasteiger partial charge in [0.1, 0.15) is 11.5 Å². The summed E-state index contributed by atoms with van der Waals surface area (Å²) in [6, 6.07) is 21.8. The second kappa shape index (κ2) is 7.22. The third kappa shape index (κ3) is 2.88. The lowest BCUT2D eigenvalue weighted by molar-refractivity contribution is -0.538. The SMILES string of the molecule is COc1ccc([C@@H]2Oc3ccccc3[C@@H](c3c[nH]c4ccccc34)[C@H]2[N+](=O)[O-])cc1. The van der Waals surface area contributed by atoms with Gasteiger partial charge >= 0.3 is 0 Å². The molecule has 2 heterocycles. The van der Waals surface area contributed by atoms with Gasteiger partial charge in [-0.25, -0.2) is 0 Å². The fourth-order valence-electron chi connectivity index (χ4n) is 4.40. The second-order valence-electron chi connectivity index (χ2n) is 7.39. The van der Waals surface area contributed by atoms with Crippen LogP contribution >= 0.6 is 0 Å². The second-order valence-corrected chi connectivity index (χ2v) is 7.39. The number of rotatable bonds is 4. The number of hydrogen-bond acceptors (Lipinski definition) is 4. The third-order valence-corrected chi connectivity index (χ3v) is 5.80. The quantitative estimate of drug-likeness (QED) is 0.382. The fraction of sp³-hybridized carbons (Fsp3) is 0.167. The van der Waals surface area contributed by atoms with E-state index in [0.717, 1.165) is 27.6 Å². The number of benzene rings is 3. The smallest absolute Gasteiger partial charge is 0.264 e. The van der Waals surface area contributed by atoms with Gasteiger partial charge in [-0.3, -0.25) is 10.1 Å². The lowest BCUT2D eigenvalue weighted by Gasteiger charge is -2.34. The van der Waals surface area contributed by atoms with Gasteiger partial charge in [-0.05, 0) is 35.4 Å². The van der Waals surface area contributed by atoms with E-state index < -0.39 is 18.1 Å². The Morgan fingerprint density at radius 1 is 0.967 bits per heavy atom. The molecular formula is C24H20N2O4. The van der Waals surface area contributed by atoms with E-state index in [1.165, 1.54) is 0 Å². The van der Waals surface area contributed by atoms with Crippen molar-refractivity contribution >= 4 is 10.9 Å². The lowest BCUT2D eigenvalue weighted by atomic mass is 9.78. The van der Waals surface area contributed by atoms with Gasteiger partial charge < -0.3 is 14.5 Å². The number of hydrogen-bond donors (Lipinski definition) is 1. The Kier molecular flexibility index (Phi) is 4.39. The van der Waals surface area contributed by atoms with Crippen LogP contribution in [0.1, 0.15) is 28.7 Å². The average Bonchev–Trinajstić information content (AvgIpc) is 3.21. The summed E-state index contributed by atoms with van der Waals surface area (Å²) >= 11 is 0. The molecule has 0 aliphatic carbocycles. The normalized spacial score (nSPS) is 20.4. The number of H-pyrrole nitrogens is 1. The highest BCUT2D eigenvalue weighted by Crippen LogP contribution is 2.48. The minimum atomic E-state index is -0.979. The van der Waals surface area contributed by atoms with Gasteiger partial charge in [-0.15, -0.1) is 0 Å². The summed E-state index contributed by atoms with van der Waals surface area (Å²) < 4.78 is 11.4. The predicted molar refractivity (Wildman–Crippen MR) is 114 cm³/mol. The zero-order valence-corrected chi connectivity index (χ0v) is 16.3. The first kappa shape index (κ1) is 18.2. The van der Waals surface area contributed by atoms with Crippen LogP contribution in [0, 0.1) is 10.1 Å². The van der Waals surface area contributed by atoms with Crippen LogP contribution < -0.4 is 9.47 Å². The van der Waals surface area contributed by atoms with Gasteiger partial charge in [0.25, 0.3) is 6.04 Å². The molecule has 0 bridgehead atoms. The van der Waals surface area contributed by atoms with Crippen LogP contribution in [0.5, 0.6) is 11.5 Å². The standard InChI is InChI=1S/C24H20N2O4/c1-29-16-12-10-15(11-13-16)24-23(26(27)28)22(18-7-3-5-9-21(18)30-24)19-14-25-20-8-4-2-6-17(19)20/h2-14,22-25H,1H3/t22-,23+,24-/m0/s1. The molecule has 0 saturated carbocycles. The molecule has 0 fully saturated rings. The fourth-order valence-corrected chi connectivity index (χ4v) is 4.40. The van der Waals surface area contributed by atoms with E-state index >= 15 is 0 Å². The van der Waals surface area contributed by atoms with Crippen molar-refractivity contribution in [3.8, 4) is 11.5 Å². The van der Waals surface area contributed by atoms with Crippen molar-refractivity contribution in [3.05, 3.63) is 106 Å². The number of ether oxygens (including phenoxy) is 2. The molecule has 6 heteroatoms. The van der Waals surface area contributed by atoms with Gasteiger partial charge in [-0.1, -0.05) is 48.5 Å². The molecule has 1 aliphatic heterocycles. The molecule has 1 aromatic heterocycles. The maximum absolute atomic E-state index is 12.4. The van der Waals surface area contributed by atoms with Crippen LogP contribution in [0.2, 0.25) is 0 Å². The summed E-state index contributed by atoms with van der Waals surface area (Å²) in [5.74, 6) is 0.917. The molecule has 0 saturated heterocycles. The molecule has 4 aromatic rings. The van der Waals surface area contributed by atoms with Gasteiger partial charge in [0.05, 0.1) is 13.0 Å². The van der Waals surface area contributed by atoms with Crippen molar-refractivity contribution < 1.29 is 14.4 Å². The monoisotopic (exact) mass is 400 g/mol.